The number of aromatic nitrogens is 2. The number of carbonyl (C=O) groups excluding carboxylic acids is 2. The fourth-order valence-electron chi connectivity index (χ4n) is 3.60. The lowest BCUT2D eigenvalue weighted by Crippen LogP contribution is -2.42. The van der Waals surface area contributed by atoms with Crippen molar-refractivity contribution in [2.45, 2.75) is 45.6 Å². The average Bonchev–Trinajstić information content (AvgIpc) is 3.10. The molecule has 0 N–H and O–H groups in total. The largest absolute Gasteiger partial charge is 0.342 e. The zero-order chi connectivity index (χ0) is 18.4. The van der Waals surface area contributed by atoms with Crippen molar-refractivity contribution < 1.29 is 9.59 Å². The van der Waals surface area contributed by atoms with Gasteiger partial charge in [0.25, 0.3) is 0 Å². The number of rotatable bonds is 7. The highest BCUT2D eigenvalue weighted by molar-refractivity contribution is 5.83. The predicted molar refractivity (Wildman–Crippen MR) is 101 cm³/mol. The van der Waals surface area contributed by atoms with E-state index in [4.69, 9.17) is 0 Å². The topological polar surface area (TPSA) is 55.2 Å². The maximum atomic E-state index is 12.6. The summed E-state index contributed by atoms with van der Waals surface area (Å²) in [6.07, 6.45) is 7.27. The molecule has 2 heterocycles. The first kappa shape index (κ1) is 18.4. The average molecular weight is 353 g/mol. The number of likely N-dealkylation sites (tertiary alicyclic amines) is 1. The third kappa shape index (κ3) is 4.81. The first-order chi connectivity index (χ1) is 12.6. The number of nitrogens with zero attached hydrogens (tertiary/aromatic N) is 3. The number of Topliss-reactive ketones (excluding diaryl/α,β-unsaturated/α-hetero) is 1. The van der Waals surface area contributed by atoms with E-state index in [0.29, 0.717) is 25.9 Å². The summed E-state index contributed by atoms with van der Waals surface area (Å²) in [7, 11) is 0. The molecule has 0 bridgehead atoms. The summed E-state index contributed by atoms with van der Waals surface area (Å²) in [5.74, 6) is 1.34. The molecule has 2 aromatic rings. The quantitative estimate of drug-likeness (QED) is 0.769. The van der Waals surface area contributed by atoms with E-state index in [-0.39, 0.29) is 17.6 Å². The molecule has 1 unspecified atom stereocenters. The number of amides is 1. The number of hydrogen-bond acceptors (Lipinski definition) is 3. The van der Waals surface area contributed by atoms with Gasteiger partial charge in [0.1, 0.15) is 11.6 Å². The molecule has 5 nitrogen and oxygen atoms in total. The van der Waals surface area contributed by atoms with Gasteiger partial charge in [-0.3, -0.25) is 9.59 Å². The summed E-state index contributed by atoms with van der Waals surface area (Å²) in [5, 5.41) is 0. The molecule has 26 heavy (non-hydrogen) atoms. The highest BCUT2D eigenvalue weighted by Gasteiger charge is 2.27. The molecule has 138 valence electrons. The summed E-state index contributed by atoms with van der Waals surface area (Å²) in [6, 6.07) is 10.1. The van der Waals surface area contributed by atoms with E-state index in [9.17, 15) is 9.59 Å². The molecule has 0 spiro atoms. The van der Waals surface area contributed by atoms with Crippen molar-refractivity contribution in [3.63, 3.8) is 0 Å². The molecule has 1 aliphatic heterocycles. The van der Waals surface area contributed by atoms with Gasteiger partial charge in [-0.2, -0.15) is 0 Å². The summed E-state index contributed by atoms with van der Waals surface area (Å²) in [5.41, 5.74) is 1.19. The van der Waals surface area contributed by atoms with E-state index < -0.39 is 0 Å². The maximum absolute atomic E-state index is 12.6. The van der Waals surface area contributed by atoms with E-state index in [1.165, 1.54) is 5.56 Å². The van der Waals surface area contributed by atoms with E-state index in [0.717, 1.165) is 31.6 Å². The van der Waals surface area contributed by atoms with Gasteiger partial charge in [-0.25, -0.2) is 4.98 Å². The minimum absolute atomic E-state index is 0.00797. The second-order valence-electron chi connectivity index (χ2n) is 7.05. The van der Waals surface area contributed by atoms with Crippen molar-refractivity contribution in [2.75, 3.05) is 13.1 Å². The molecule has 0 radical (unpaired) electrons. The number of hydrogen-bond donors (Lipinski definition) is 0. The smallest absolute Gasteiger partial charge is 0.224 e. The predicted octanol–water partition coefficient (Wildman–Crippen LogP) is 3.02. The summed E-state index contributed by atoms with van der Waals surface area (Å²) < 4.78 is 1.99. The van der Waals surface area contributed by atoms with Gasteiger partial charge in [0.2, 0.25) is 5.91 Å². The number of imidazole rings is 1. The molecule has 1 aromatic carbocycles. The Morgan fingerprint density at radius 2 is 2.00 bits per heavy atom. The van der Waals surface area contributed by atoms with Gasteiger partial charge in [0, 0.05) is 50.8 Å². The zero-order valence-corrected chi connectivity index (χ0v) is 15.4. The van der Waals surface area contributed by atoms with Crippen LogP contribution in [0, 0.1) is 12.8 Å². The van der Waals surface area contributed by atoms with E-state index in [1.807, 2.05) is 40.8 Å². The Hall–Kier alpha value is -2.43. The molecule has 1 atom stereocenters. The third-order valence-corrected chi connectivity index (χ3v) is 5.22. The van der Waals surface area contributed by atoms with Crippen molar-refractivity contribution in [1.29, 1.82) is 0 Å². The SMILES string of the molecule is Cc1nccn1CCC(=O)N1CCCC(C(=O)CCc2ccccc2)C1. The van der Waals surface area contributed by atoms with Crippen LogP contribution in [0.15, 0.2) is 42.7 Å². The maximum Gasteiger partial charge on any atom is 0.224 e. The van der Waals surface area contributed by atoms with Crippen molar-refractivity contribution >= 4 is 11.7 Å². The Morgan fingerprint density at radius 3 is 2.73 bits per heavy atom. The van der Waals surface area contributed by atoms with Crippen LogP contribution in [0.25, 0.3) is 0 Å². The fraction of sp³-hybridized carbons (Fsp3) is 0.476. The highest BCUT2D eigenvalue weighted by Crippen LogP contribution is 2.20. The van der Waals surface area contributed by atoms with Gasteiger partial charge in [-0.1, -0.05) is 30.3 Å². The van der Waals surface area contributed by atoms with Crippen LogP contribution in [0.1, 0.15) is 37.1 Å². The van der Waals surface area contributed by atoms with Crippen LogP contribution in [0.5, 0.6) is 0 Å². The number of ketones is 1. The van der Waals surface area contributed by atoms with Crippen LogP contribution < -0.4 is 0 Å². The molecule has 1 aliphatic rings. The first-order valence-corrected chi connectivity index (χ1v) is 9.45. The Morgan fingerprint density at radius 1 is 1.19 bits per heavy atom. The molecular formula is C21H27N3O2. The Labute approximate surface area is 155 Å². The molecule has 0 aliphatic carbocycles. The molecule has 1 aromatic heterocycles. The van der Waals surface area contributed by atoms with E-state index >= 15 is 0 Å². The molecule has 0 saturated carbocycles. The van der Waals surface area contributed by atoms with Crippen LogP contribution in [0.4, 0.5) is 0 Å². The molecule has 3 rings (SSSR count). The van der Waals surface area contributed by atoms with Crippen molar-refractivity contribution in [2.24, 2.45) is 5.92 Å². The molecule has 1 saturated heterocycles. The molecule has 1 amide bonds. The lowest BCUT2D eigenvalue weighted by Gasteiger charge is -2.32. The van der Waals surface area contributed by atoms with E-state index in [2.05, 4.69) is 17.1 Å². The summed E-state index contributed by atoms with van der Waals surface area (Å²) >= 11 is 0. The van der Waals surface area contributed by atoms with Crippen molar-refractivity contribution in [3.05, 3.63) is 54.1 Å². The number of carbonyl (C=O) groups is 2. The van der Waals surface area contributed by atoms with Crippen LogP contribution in [-0.4, -0.2) is 39.2 Å². The van der Waals surface area contributed by atoms with Gasteiger partial charge < -0.3 is 9.47 Å². The fourth-order valence-corrected chi connectivity index (χ4v) is 3.60. The van der Waals surface area contributed by atoms with E-state index in [1.54, 1.807) is 6.20 Å². The highest BCUT2D eigenvalue weighted by atomic mass is 16.2. The van der Waals surface area contributed by atoms with Crippen LogP contribution in [0.3, 0.4) is 0 Å². The van der Waals surface area contributed by atoms with Gasteiger partial charge in [0.05, 0.1) is 0 Å². The second kappa shape index (κ2) is 8.79. The first-order valence-electron chi connectivity index (χ1n) is 9.45. The van der Waals surface area contributed by atoms with Crippen molar-refractivity contribution in [3.8, 4) is 0 Å². The minimum atomic E-state index is -0.00797. The monoisotopic (exact) mass is 353 g/mol. The summed E-state index contributed by atoms with van der Waals surface area (Å²) in [6.45, 7) is 3.93. The van der Waals surface area contributed by atoms with Crippen LogP contribution in [0.2, 0.25) is 0 Å². The number of aryl methyl sites for hydroxylation is 3. The number of piperidine rings is 1. The molecular weight excluding hydrogens is 326 g/mol. The zero-order valence-electron chi connectivity index (χ0n) is 15.4. The Bertz CT molecular complexity index is 739. The molecule has 5 heteroatoms. The van der Waals surface area contributed by atoms with Gasteiger partial charge in [0.15, 0.2) is 0 Å². The third-order valence-electron chi connectivity index (χ3n) is 5.22. The standard InChI is InChI=1S/C21H27N3O2/c1-17-22-12-15-23(17)14-11-21(26)24-13-5-8-19(16-24)20(25)10-9-18-6-3-2-4-7-18/h2-4,6-7,12,15,19H,5,8-11,13-14,16H2,1H3. The summed E-state index contributed by atoms with van der Waals surface area (Å²) in [4.78, 5) is 31.2. The lowest BCUT2D eigenvalue weighted by atomic mass is 9.90. The normalized spacial score (nSPS) is 17.3. The van der Waals surface area contributed by atoms with Gasteiger partial charge in [-0.15, -0.1) is 0 Å². The molecule has 1 fully saturated rings. The van der Waals surface area contributed by atoms with Gasteiger partial charge in [-0.05, 0) is 31.7 Å². The van der Waals surface area contributed by atoms with Crippen LogP contribution >= 0.6 is 0 Å². The minimum Gasteiger partial charge on any atom is -0.342 e. The Kier molecular flexibility index (Phi) is 6.21. The van der Waals surface area contributed by atoms with Crippen LogP contribution in [-0.2, 0) is 22.6 Å². The number of benzene rings is 1. The van der Waals surface area contributed by atoms with Crippen molar-refractivity contribution in [1.82, 2.24) is 14.5 Å². The Balaban J connectivity index is 1.47. The lowest BCUT2D eigenvalue weighted by molar-refractivity contribution is -0.135. The second-order valence-corrected chi connectivity index (χ2v) is 7.05. The van der Waals surface area contributed by atoms with Gasteiger partial charge >= 0.3 is 0 Å².